The predicted molar refractivity (Wildman–Crippen MR) is 111 cm³/mol. The molecule has 156 valence electrons. The number of nitrogens with zero attached hydrogens (tertiary/aromatic N) is 7. The number of hydrogen-bond donors (Lipinski definition) is 0. The van der Waals surface area contributed by atoms with Gasteiger partial charge >= 0.3 is 0 Å². The van der Waals surface area contributed by atoms with E-state index in [2.05, 4.69) is 20.2 Å². The average molecular weight is 407 g/mol. The van der Waals surface area contributed by atoms with E-state index in [0.29, 0.717) is 36.0 Å². The minimum atomic E-state index is -0.125. The van der Waals surface area contributed by atoms with E-state index in [1.54, 1.807) is 23.5 Å². The van der Waals surface area contributed by atoms with E-state index >= 15 is 0 Å². The number of aromatic nitrogens is 5. The van der Waals surface area contributed by atoms with Gasteiger partial charge < -0.3 is 4.90 Å². The molecular weight excluding hydrogens is 382 g/mol. The Labute approximate surface area is 175 Å². The molecule has 0 N–H and O–H groups in total. The molecule has 1 aliphatic heterocycles. The van der Waals surface area contributed by atoms with Crippen LogP contribution >= 0.6 is 0 Å². The Morgan fingerprint density at radius 1 is 1.07 bits per heavy atom. The quantitative estimate of drug-likeness (QED) is 0.658. The van der Waals surface area contributed by atoms with Crippen molar-refractivity contribution in [3.05, 3.63) is 59.8 Å². The van der Waals surface area contributed by atoms with Gasteiger partial charge in [0, 0.05) is 17.8 Å². The summed E-state index contributed by atoms with van der Waals surface area (Å²) in [5.41, 5.74) is 2.07. The number of carbonyl (C=O) groups excluding carboxylic acids is 1. The summed E-state index contributed by atoms with van der Waals surface area (Å²) >= 11 is 0. The molecule has 0 saturated carbocycles. The number of amides is 1. The molecule has 1 amide bonds. The lowest BCUT2D eigenvalue weighted by Crippen LogP contribution is -2.47. The Hall–Kier alpha value is -3.33. The van der Waals surface area contributed by atoms with Gasteiger partial charge in [0.1, 0.15) is 5.82 Å². The molecule has 1 aliphatic rings. The summed E-state index contributed by atoms with van der Waals surface area (Å²) < 4.78 is 0. The highest BCUT2D eigenvalue weighted by molar-refractivity contribution is 5.98. The molecule has 0 unspecified atom stereocenters. The van der Waals surface area contributed by atoms with E-state index in [1.165, 1.54) is 4.80 Å². The fourth-order valence-corrected chi connectivity index (χ4v) is 3.79. The minimum Gasteiger partial charge on any atom is -0.329 e. The van der Waals surface area contributed by atoms with Crippen LogP contribution < -0.4 is 5.06 Å². The van der Waals surface area contributed by atoms with Crippen LogP contribution in [0, 0.1) is 13.8 Å². The molecular formula is C21H25N7O2. The Morgan fingerprint density at radius 2 is 1.80 bits per heavy atom. The SMILES string of the molecule is Cc1cc(N2C[C@@H](C)N(C(=O)c3ccccc3-n3nccn3)[C@@H](C)CO2)nc(C)n1. The van der Waals surface area contributed by atoms with Crippen LogP contribution in [-0.2, 0) is 4.84 Å². The predicted octanol–water partition coefficient (Wildman–Crippen LogP) is 2.35. The Bertz CT molecular complexity index is 1020. The summed E-state index contributed by atoms with van der Waals surface area (Å²) in [6.07, 6.45) is 3.19. The summed E-state index contributed by atoms with van der Waals surface area (Å²) in [6.45, 7) is 8.65. The standard InChI is InChI=1S/C21H25N7O2/c1-14-11-20(25-17(4)24-14)26-12-15(2)27(16(3)13-30-26)21(29)18-7-5-6-8-19(18)28-22-9-10-23-28/h5-11,15-16H,12-13H2,1-4H3/t15-,16+/m1/s1. The second-order valence-electron chi connectivity index (χ2n) is 7.52. The Morgan fingerprint density at radius 3 is 2.53 bits per heavy atom. The van der Waals surface area contributed by atoms with E-state index in [9.17, 15) is 4.79 Å². The summed E-state index contributed by atoms with van der Waals surface area (Å²) in [4.78, 5) is 31.8. The van der Waals surface area contributed by atoms with Gasteiger partial charge in [0.05, 0.1) is 42.8 Å². The highest BCUT2D eigenvalue weighted by Crippen LogP contribution is 2.23. The van der Waals surface area contributed by atoms with Crippen molar-refractivity contribution in [3.8, 4) is 5.69 Å². The maximum atomic E-state index is 13.6. The van der Waals surface area contributed by atoms with Crippen molar-refractivity contribution in [1.29, 1.82) is 0 Å². The van der Waals surface area contributed by atoms with Crippen molar-refractivity contribution >= 4 is 11.7 Å². The van der Waals surface area contributed by atoms with Crippen LogP contribution in [0.1, 0.15) is 35.7 Å². The fraction of sp³-hybridized carbons (Fsp3) is 0.381. The van der Waals surface area contributed by atoms with Crippen LogP contribution in [0.4, 0.5) is 5.82 Å². The zero-order chi connectivity index (χ0) is 21.3. The largest absolute Gasteiger partial charge is 0.329 e. The van der Waals surface area contributed by atoms with E-state index in [1.807, 2.05) is 56.9 Å². The summed E-state index contributed by atoms with van der Waals surface area (Å²) in [5.74, 6) is 1.31. The normalized spacial score (nSPS) is 19.6. The van der Waals surface area contributed by atoms with Gasteiger partial charge in [-0.15, -0.1) is 0 Å². The van der Waals surface area contributed by atoms with Gasteiger partial charge in [0.15, 0.2) is 5.82 Å². The lowest BCUT2D eigenvalue weighted by molar-refractivity contribution is 0.0545. The fourth-order valence-electron chi connectivity index (χ4n) is 3.79. The minimum absolute atomic E-state index is 0.0802. The highest BCUT2D eigenvalue weighted by atomic mass is 16.7. The average Bonchev–Trinajstić information content (AvgIpc) is 3.20. The first-order valence-electron chi connectivity index (χ1n) is 9.95. The summed E-state index contributed by atoms with van der Waals surface area (Å²) in [7, 11) is 0. The molecule has 1 saturated heterocycles. The van der Waals surface area contributed by atoms with Gasteiger partial charge in [-0.1, -0.05) is 12.1 Å². The van der Waals surface area contributed by atoms with Crippen molar-refractivity contribution in [3.63, 3.8) is 0 Å². The summed E-state index contributed by atoms with van der Waals surface area (Å²) in [5, 5.41) is 10.1. The van der Waals surface area contributed by atoms with Crippen molar-refractivity contribution in [2.75, 3.05) is 18.2 Å². The van der Waals surface area contributed by atoms with Crippen LogP contribution in [0.2, 0.25) is 0 Å². The van der Waals surface area contributed by atoms with Crippen molar-refractivity contribution in [2.24, 2.45) is 0 Å². The Balaban J connectivity index is 1.63. The van der Waals surface area contributed by atoms with Crippen LogP contribution in [0.15, 0.2) is 42.7 Å². The van der Waals surface area contributed by atoms with Crippen LogP contribution in [0.3, 0.4) is 0 Å². The number of anilines is 1. The molecule has 30 heavy (non-hydrogen) atoms. The summed E-state index contributed by atoms with van der Waals surface area (Å²) in [6, 6.07) is 9.03. The lowest BCUT2D eigenvalue weighted by atomic mass is 10.1. The smallest absolute Gasteiger partial charge is 0.256 e. The zero-order valence-corrected chi connectivity index (χ0v) is 17.6. The highest BCUT2D eigenvalue weighted by Gasteiger charge is 2.33. The van der Waals surface area contributed by atoms with Gasteiger partial charge in [-0.3, -0.25) is 9.63 Å². The molecule has 3 aromatic rings. The molecule has 2 atom stereocenters. The number of para-hydroxylation sites is 1. The van der Waals surface area contributed by atoms with Gasteiger partial charge in [-0.05, 0) is 39.8 Å². The third-order valence-electron chi connectivity index (χ3n) is 5.06. The Kier molecular flexibility index (Phi) is 5.45. The van der Waals surface area contributed by atoms with Gasteiger partial charge in [-0.25, -0.2) is 15.0 Å². The second-order valence-corrected chi connectivity index (χ2v) is 7.52. The lowest BCUT2D eigenvalue weighted by Gasteiger charge is -2.32. The first-order valence-corrected chi connectivity index (χ1v) is 9.95. The van der Waals surface area contributed by atoms with Crippen LogP contribution in [-0.4, -0.2) is 61.0 Å². The molecule has 1 aromatic carbocycles. The van der Waals surface area contributed by atoms with E-state index in [-0.39, 0.29) is 18.0 Å². The van der Waals surface area contributed by atoms with Crippen molar-refractivity contribution in [1.82, 2.24) is 29.9 Å². The third kappa shape index (κ3) is 3.88. The molecule has 0 bridgehead atoms. The maximum absolute atomic E-state index is 13.6. The van der Waals surface area contributed by atoms with E-state index in [0.717, 1.165) is 5.69 Å². The monoisotopic (exact) mass is 407 g/mol. The molecule has 3 heterocycles. The van der Waals surface area contributed by atoms with Gasteiger partial charge in [-0.2, -0.15) is 15.0 Å². The van der Waals surface area contributed by atoms with Gasteiger partial charge in [0.25, 0.3) is 5.91 Å². The maximum Gasteiger partial charge on any atom is 0.256 e. The van der Waals surface area contributed by atoms with Gasteiger partial charge in [0.2, 0.25) is 0 Å². The van der Waals surface area contributed by atoms with Crippen molar-refractivity contribution in [2.45, 2.75) is 39.8 Å². The molecule has 2 aromatic heterocycles. The van der Waals surface area contributed by atoms with E-state index < -0.39 is 0 Å². The molecule has 4 rings (SSSR count). The third-order valence-corrected chi connectivity index (χ3v) is 5.06. The number of hydrogen-bond acceptors (Lipinski definition) is 7. The number of hydroxylamine groups is 1. The van der Waals surface area contributed by atoms with Crippen LogP contribution in [0.25, 0.3) is 5.69 Å². The zero-order valence-electron chi connectivity index (χ0n) is 17.6. The number of benzene rings is 1. The molecule has 0 spiro atoms. The van der Waals surface area contributed by atoms with E-state index in [4.69, 9.17) is 4.84 Å². The topological polar surface area (TPSA) is 89.3 Å². The number of rotatable bonds is 3. The first-order chi connectivity index (χ1) is 14.4. The second kappa shape index (κ2) is 8.19. The molecule has 9 nitrogen and oxygen atoms in total. The first kappa shape index (κ1) is 20.0. The van der Waals surface area contributed by atoms with Crippen LogP contribution in [0.5, 0.6) is 0 Å². The molecule has 9 heteroatoms. The van der Waals surface area contributed by atoms with Crippen molar-refractivity contribution < 1.29 is 9.63 Å². The number of aryl methyl sites for hydroxylation is 2. The molecule has 0 radical (unpaired) electrons. The molecule has 0 aliphatic carbocycles. The molecule has 1 fully saturated rings. The number of carbonyl (C=O) groups is 1.